The van der Waals surface area contributed by atoms with E-state index in [1.54, 1.807) is 6.08 Å². The summed E-state index contributed by atoms with van der Waals surface area (Å²) in [5, 5.41) is 3.33. The molecule has 1 amide bonds. The number of hydrogen-bond acceptors (Lipinski definition) is 4. The second-order valence-corrected chi connectivity index (χ2v) is 9.52. The predicted octanol–water partition coefficient (Wildman–Crippen LogP) is 7.05. The van der Waals surface area contributed by atoms with Crippen LogP contribution in [0, 0.1) is 6.92 Å². The van der Waals surface area contributed by atoms with E-state index in [1.165, 1.54) is 30.1 Å². The lowest BCUT2D eigenvalue weighted by Gasteiger charge is -2.07. The van der Waals surface area contributed by atoms with Crippen molar-refractivity contribution in [3.63, 3.8) is 0 Å². The van der Waals surface area contributed by atoms with Gasteiger partial charge in [0, 0.05) is 21.0 Å². The Hall–Kier alpha value is -2.70. The van der Waals surface area contributed by atoms with Gasteiger partial charge in [-0.3, -0.25) is 4.79 Å². The van der Waals surface area contributed by atoms with Gasteiger partial charge in [-0.1, -0.05) is 66.2 Å². The molecule has 3 rings (SSSR count). The normalized spacial score (nSPS) is 11.2. The summed E-state index contributed by atoms with van der Waals surface area (Å²) in [6, 6.07) is 15.8. The van der Waals surface area contributed by atoms with Crippen LogP contribution in [0.5, 0.6) is 0 Å². The molecule has 0 saturated carbocycles. The summed E-state index contributed by atoms with van der Waals surface area (Å²) in [6.07, 6.45) is 3.23. The Morgan fingerprint density at radius 3 is 2.29 bits per heavy atom. The molecule has 1 heterocycles. The van der Waals surface area contributed by atoms with E-state index in [4.69, 9.17) is 4.74 Å². The summed E-state index contributed by atoms with van der Waals surface area (Å²) >= 11 is 4.79. The van der Waals surface area contributed by atoms with Crippen molar-refractivity contribution in [1.82, 2.24) is 0 Å². The molecule has 160 valence electrons. The smallest absolute Gasteiger partial charge is 0.341 e. The van der Waals surface area contributed by atoms with Gasteiger partial charge in [0.25, 0.3) is 0 Å². The van der Waals surface area contributed by atoms with Crippen molar-refractivity contribution < 1.29 is 14.3 Å². The second-order valence-electron chi connectivity index (χ2n) is 7.38. The molecule has 6 heteroatoms. The largest absolute Gasteiger partial charge is 0.465 e. The third kappa shape index (κ3) is 5.51. The van der Waals surface area contributed by atoms with Crippen LogP contribution in [0.15, 0.2) is 59.1 Å². The lowest BCUT2D eigenvalue weighted by molar-refractivity contribution is -0.111. The van der Waals surface area contributed by atoms with Crippen LogP contribution in [0.3, 0.4) is 0 Å². The van der Waals surface area contributed by atoms with E-state index in [0.29, 0.717) is 16.5 Å². The quantitative estimate of drug-likeness (QED) is 0.293. The summed E-state index contributed by atoms with van der Waals surface area (Å²) in [4.78, 5) is 26.1. The summed E-state index contributed by atoms with van der Waals surface area (Å²) < 4.78 is 5.95. The number of ether oxygens (including phenoxy) is 1. The van der Waals surface area contributed by atoms with Crippen molar-refractivity contribution in [3.05, 3.63) is 80.6 Å². The predicted molar refractivity (Wildman–Crippen MR) is 132 cm³/mol. The number of amides is 1. The molecule has 0 spiro atoms. The second kappa shape index (κ2) is 10.1. The maximum Gasteiger partial charge on any atom is 0.341 e. The van der Waals surface area contributed by atoms with Crippen LogP contribution >= 0.6 is 27.3 Å². The molecule has 1 aromatic heterocycles. The van der Waals surface area contributed by atoms with Crippen molar-refractivity contribution in [2.75, 3.05) is 12.4 Å². The van der Waals surface area contributed by atoms with Gasteiger partial charge in [0.15, 0.2) is 0 Å². The number of thiophene rings is 1. The highest BCUT2D eigenvalue weighted by Gasteiger charge is 2.24. The van der Waals surface area contributed by atoms with E-state index >= 15 is 0 Å². The van der Waals surface area contributed by atoms with E-state index in [1.807, 2.05) is 43.3 Å². The molecule has 0 aliphatic carbocycles. The molecule has 0 aliphatic rings. The Morgan fingerprint density at radius 1 is 1.06 bits per heavy atom. The molecule has 1 N–H and O–H groups in total. The molecule has 0 fully saturated rings. The van der Waals surface area contributed by atoms with Gasteiger partial charge >= 0.3 is 5.97 Å². The molecule has 4 nitrogen and oxygen atoms in total. The van der Waals surface area contributed by atoms with Crippen LogP contribution in [0.4, 0.5) is 5.00 Å². The third-order valence-electron chi connectivity index (χ3n) is 4.87. The van der Waals surface area contributed by atoms with Crippen LogP contribution in [0.2, 0.25) is 0 Å². The van der Waals surface area contributed by atoms with Gasteiger partial charge < -0.3 is 10.1 Å². The first-order valence-corrected chi connectivity index (χ1v) is 11.5. The summed E-state index contributed by atoms with van der Waals surface area (Å²) in [6.45, 7) is 6.21. The zero-order valence-electron chi connectivity index (χ0n) is 17.9. The van der Waals surface area contributed by atoms with Gasteiger partial charge in [-0.25, -0.2) is 4.79 Å². The molecular formula is C25H24BrNO3S. The van der Waals surface area contributed by atoms with E-state index in [2.05, 4.69) is 47.2 Å². The molecule has 0 unspecified atom stereocenters. The highest BCUT2D eigenvalue weighted by molar-refractivity contribution is 9.10. The molecule has 0 atom stereocenters. The average Bonchev–Trinajstić information content (AvgIpc) is 3.08. The Balaban J connectivity index is 1.86. The molecule has 0 radical (unpaired) electrons. The summed E-state index contributed by atoms with van der Waals surface area (Å²) in [5.74, 6) is -0.326. The maximum absolute atomic E-state index is 12.6. The fourth-order valence-corrected chi connectivity index (χ4v) is 4.54. The number of esters is 1. The standard InChI is InChI=1S/C25H24BrNO3S/c1-15(2)18-8-5-17(6-9-18)7-14-21(28)27-24-23(25(29)30-4)22(16(3)31-24)19-10-12-20(26)13-11-19/h5-15H,1-4H3,(H,27,28)/b14-7+. The van der Waals surface area contributed by atoms with Crippen molar-refractivity contribution >= 4 is 50.2 Å². The lowest BCUT2D eigenvalue weighted by atomic mass is 10.0. The first-order valence-electron chi connectivity index (χ1n) is 9.86. The van der Waals surface area contributed by atoms with Crippen LogP contribution < -0.4 is 5.32 Å². The van der Waals surface area contributed by atoms with Crippen LogP contribution in [0.25, 0.3) is 17.2 Å². The zero-order valence-corrected chi connectivity index (χ0v) is 20.3. The first kappa shape index (κ1) is 23.0. The highest BCUT2D eigenvalue weighted by atomic mass is 79.9. The number of benzene rings is 2. The molecular weight excluding hydrogens is 474 g/mol. The highest BCUT2D eigenvalue weighted by Crippen LogP contribution is 2.40. The van der Waals surface area contributed by atoms with Crippen molar-refractivity contribution in [2.24, 2.45) is 0 Å². The Bertz CT molecular complexity index is 1110. The number of carbonyl (C=O) groups is 2. The molecule has 0 saturated heterocycles. The fraction of sp³-hybridized carbons (Fsp3) is 0.200. The zero-order chi connectivity index (χ0) is 22.5. The van der Waals surface area contributed by atoms with Crippen molar-refractivity contribution in [2.45, 2.75) is 26.7 Å². The van der Waals surface area contributed by atoms with E-state index in [0.717, 1.165) is 26.0 Å². The van der Waals surface area contributed by atoms with Gasteiger partial charge in [0.05, 0.1) is 7.11 Å². The SMILES string of the molecule is COC(=O)c1c(NC(=O)/C=C/c2ccc(C(C)C)cc2)sc(C)c1-c1ccc(Br)cc1. The number of anilines is 1. The number of halogens is 1. The minimum Gasteiger partial charge on any atom is -0.465 e. The molecule has 31 heavy (non-hydrogen) atoms. The van der Waals surface area contributed by atoms with E-state index in [-0.39, 0.29) is 5.91 Å². The van der Waals surface area contributed by atoms with Gasteiger partial charge in [0.1, 0.15) is 10.6 Å². The number of carbonyl (C=O) groups excluding carboxylic acids is 2. The maximum atomic E-state index is 12.6. The van der Waals surface area contributed by atoms with E-state index < -0.39 is 5.97 Å². The number of rotatable bonds is 6. The fourth-order valence-electron chi connectivity index (χ4n) is 3.21. The molecule has 3 aromatic rings. The average molecular weight is 498 g/mol. The molecule has 0 aliphatic heterocycles. The van der Waals surface area contributed by atoms with Crippen molar-refractivity contribution in [3.8, 4) is 11.1 Å². The number of hydrogen-bond donors (Lipinski definition) is 1. The van der Waals surface area contributed by atoms with Gasteiger partial charge in [-0.05, 0) is 47.7 Å². The van der Waals surface area contributed by atoms with Gasteiger partial charge in [-0.2, -0.15) is 0 Å². The Morgan fingerprint density at radius 2 is 1.71 bits per heavy atom. The van der Waals surface area contributed by atoms with Gasteiger partial charge in [0.2, 0.25) is 5.91 Å². The van der Waals surface area contributed by atoms with Crippen LogP contribution in [0.1, 0.15) is 46.1 Å². The first-order chi connectivity index (χ1) is 14.8. The minimum absolute atomic E-state index is 0.304. The summed E-state index contributed by atoms with van der Waals surface area (Å²) in [7, 11) is 1.34. The van der Waals surface area contributed by atoms with Crippen LogP contribution in [-0.2, 0) is 9.53 Å². The van der Waals surface area contributed by atoms with Crippen LogP contribution in [-0.4, -0.2) is 19.0 Å². The lowest BCUT2D eigenvalue weighted by Crippen LogP contribution is -2.11. The number of methoxy groups -OCH3 is 1. The number of aryl methyl sites for hydroxylation is 1. The minimum atomic E-state index is -0.481. The topological polar surface area (TPSA) is 55.4 Å². The Kier molecular flexibility index (Phi) is 7.46. The number of nitrogens with one attached hydrogen (secondary N) is 1. The molecule has 0 bridgehead atoms. The third-order valence-corrected chi connectivity index (χ3v) is 6.42. The molecule has 2 aromatic carbocycles. The monoisotopic (exact) mass is 497 g/mol. The van der Waals surface area contributed by atoms with Gasteiger partial charge in [-0.15, -0.1) is 11.3 Å². The Labute approximate surface area is 195 Å². The van der Waals surface area contributed by atoms with Crippen molar-refractivity contribution in [1.29, 1.82) is 0 Å². The van der Waals surface area contributed by atoms with E-state index in [9.17, 15) is 9.59 Å². The summed E-state index contributed by atoms with van der Waals surface area (Å²) in [5.41, 5.74) is 4.21.